The van der Waals surface area contributed by atoms with Crippen LogP contribution in [0.3, 0.4) is 0 Å². The molecular formula is C32H33ClFN5O4. The Bertz CT molecular complexity index is 1610. The van der Waals surface area contributed by atoms with Crippen LogP contribution in [0.4, 0.5) is 15.9 Å². The van der Waals surface area contributed by atoms with E-state index in [1.165, 1.54) is 18.3 Å². The Morgan fingerprint density at radius 3 is 2.51 bits per heavy atom. The molecule has 0 aliphatic carbocycles. The van der Waals surface area contributed by atoms with Crippen LogP contribution < -0.4 is 20.1 Å². The highest BCUT2D eigenvalue weighted by Crippen LogP contribution is 2.38. The Morgan fingerprint density at radius 2 is 1.86 bits per heavy atom. The predicted molar refractivity (Wildman–Crippen MR) is 165 cm³/mol. The number of nitrogens with one attached hydrogen (secondary N) is 2. The Balaban J connectivity index is 0.00000207. The first-order valence-electron chi connectivity index (χ1n) is 13.8. The lowest BCUT2D eigenvalue weighted by atomic mass is 10.1. The van der Waals surface area contributed by atoms with Gasteiger partial charge >= 0.3 is 0 Å². The zero-order valence-corrected chi connectivity index (χ0v) is 25.4. The van der Waals surface area contributed by atoms with Crippen molar-refractivity contribution >= 4 is 34.9 Å². The van der Waals surface area contributed by atoms with Gasteiger partial charge in [0.25, 0.3) is 11.8 Å². The van der Waals surface area contributed by atoms with E-state index in [0.717, 1.165) is 5.56 Å². The molecule has 0 bridgehead atoms. The van der Waals surface area contributed by atoms with Crippen molar-refractivity contribution in [2.45, 2.75) is 33.9 Å². The summed E-state index contributed by atoms with van der Waals surface area (Å²) >= 11 is 6.37. The molecule has 1 aliphatic heterocycles. The van der Waals surface area contributed by atoms with E-state index in [-0.39, 0.29) is 41.2 Å². The molecule has 0 saturated carbocycles. The fourth-order valence-corrected chi connectivity index (χ4v) is 4.91. The Morgan fingerprint density at radius 1 is 1.07 bits per heavy atom. The number of amides is 2. The van der Waals surface area contributed by atoms with Gasteiger partial charge in [-0.25, -0.2) is 14.4 Å². The molecule has 224 valence electrons. The van der Waals surface area contributed by atoms with Crippen molar-refractivity contribution in [3.63, 3.8) is 0 Å². The first-order chi connectivity index (χ1) is 20.8. The molecule has 11 heteroatoms. The highest BCUT2D eigenvalue weighted by Gasteiger charge is 2.33. The summed E-state index contributed by atoms with van der Waals surface area (Å²) in [7, 11) is 3.12. The van der Waals surface area contributed by atoms with E-state index in [1.54, 1.807) is 55.5 Å². The standard InChI is InChI=1S/C30H27ClFN5O4.C2H6/c1-4-33-29(38)17-9-11-26(34-14-17)36-23-13-22(27-20(31)6-5-7-21(27)32)35-24-16-37(30(39)28(23)24)15-18-8-10-19(40-2)12-25(18)41-3;1-2/h5-14H,4,15-16H2,1-3H3,(H,33,38)(H,34,35,36);1-2H3. The third-order valence-electron chi connectivity index (χ3n) is 6.64. The van der Waals surface area contributed by atoms with E-state index in [9.17, 15) is 14.0 Å². The van der Waals surface area contributed by atoms with Crippen molar-refractivity contribution in [3.8, 4) is 22.8 Å². The number of methoxy groups -OCH3 is 2. The molecule has 1 aliphatic rings. The number of fused-ring (bicyclic) bond motifs is 1. The SMILES string of the molecule is CC.CCNC(=O)c1ccc(Nc2cc(-c3c(F)cccc3Cl)nc3c2C(=O)N(Cc2ccc(OC)cc2OC)C3)nc1. The number of ether oxygens (including phenoxy) is 2. The van der Waals surface area contributed by atoms with E-state index in [2.05, 4.69) is 20.6 Å². The van der Waals surface area contributed by atoms with Gasteiger partial charge in [-0.2, -0.15) is 0 Å². The average molecular weight is 606 g/mol. The zero-order chi connectivity index (χ0) is 31.1. The van der Waals surface area contributed by atoms with Gasteiger partial charge in [-0.15, -0.1) is 0 Å². The number of carbonyl (C=O) groups is 2. The van der Waals surface area contributed by atoms with Gasteiger partial charge in [-0.3, -0.25) is 9.59 Å². The van der Waals surface area contributed by atoms with Crippen LogP contribution in [0.25, 0.3) is 11.3 Å². The van der Waals surface area contributed by atoms with Crippen LogP contribution in [0, 0.1) is 5.82 Å². The second-order valence-electron chi connectivity index (χ2n) is 9.23. The molecule has 2 aromatic heterocycles. The average Bonchev–Trinajstić information content (AvgIpc) is 3.33. The van der Waals surface area contributed by atoms with E-state index < -0.39 is 5.82 Å². The molecule has 43 heavy (non-hydrogen) atoms. The number of anilines is 2. The number of benzene rings is 2. The smallest absolute Gasteiger partial charge is 0.258 e. The minimum Gasteiger partial charge on any atom is -0.497 e. The topological polar surface area (TPSA) is 106 Å². The second kappa shape index (κ2) is 14.0. The van der Waals surface area contributed by atoms with E-state index in [0.29, 0.717) is 46.4 Å². The van der Waals surface area contributed by atoms with Gasteiger partial charge < -0.3 is 25.0 Å². The maximum Gasteiger partial charge on any atom is 0.258 e. The van der Waals surface area contributed by atoms with Gasteiger partial charge in [-0.1, -0.05) is 31.5 Å². The summed E-state index contributed by atoms with van der Waals surface area (Å²) in [6.45, 7) is 6.75. The summed E-state index contributed by atoms with van der Waals surface area (Å²) < 4.78 is 25.7. The number of hydrogen-bond donors (Lipinski definition) is 2. The zero-order valence-electron chi connectivity index (χ0n) is 24.6. The molecule has 2 N–H and O–H groups in total. The number of carbonyl (C=O) groups excluding carboxylic acids is 2. The monoisotopic (exact) mass is 605 g/mol. The summed E-state index contributed by atoms with van der Waals surface area (Å²) in [5.41, 5.74) is 2.75. The lowest BCUT2D eigenvalue weighted by Gasteiger charge is -2.18. The van der Waals surface area contributed by atoms with Crippen molar-refractivity contribution < 1.29 is 23.5 Å². The van der Waals surface area contributed by atoms with Crippen LogP contribution >= 0.6 is 11.6 Å². The van der Waals surface area contributed by atoms with Gasteiger partial charge in [0.05, 0.1) is 66.1 Å². The minimum absolute atomic E-state index is 0.127. The van der Waals surface area contributed by atoms with Crippen LogP contribution in [0.15, 0.2) is 60.8 Å². The normalized spacial score (nSPS) is 11.8. The van der Waals surface area contributed by atoms with Crippen LogP contribution in [0.2, 0.25) is 5.02 Å². The van der Waals surface area contributed by atoms with Gasteiger partial charge in [-0.05, 0) is 49.4 Å². The van der Waals surface area contributed by atoms with Gasteiger partial charge in [0.1, 0.15) is 23.1 Å². The molecule has 2 aromatic carbocycles. The molecule has 2 amide bonds. The number of halogens is 2. The van der Waals surface area contributed by atoms with Crippen LogP contribution in [-0.4, -0.2) is 47.4 Å². The van der Waals surface area contributed by atoms with Crippen LogP contribution in [-0.2, 0) is 13.1 Å². The molecule has 0 unspecified atom stereocenters. The van der Waals surface area contributed by atoms with Crippen molar-refractivity contribution in [3.05, 3.63) is 94.0 Å². The Labute approximate surface area is 255 Å². The summed E-state index contributed by atoms with van der Waals surface area (Å²) in [4.78, 5) is 36.5. The highest BCUT2D eigenvalue weighted by molar-refractivity contribution is 6.33. The molecule has 0 saturated heterocycles. The van der Waals surface area contributed by atoms with E-state index >= 15 is 0 Å². The molecular weight excluding hydrogens is 573 g/mol. The number of pyridine rings is 2. The molecule has 0 atom stereocenters. The molecule has 0 fully saturated rings. The lowest BCUT2D eigenvalue weighted by Crippen LogP contribution is -2.24. The molecule has 0 radical (unpaired) electrons. The first kappa shape index (κ1) is 31.2. The molecule has 0 spiro atoms. The van der Waals surface area contributed by atoms with E-state index in [4.69, 9.17) is 21.1 Å². The summed E-state index contributed by atoms with van der Waals surface area (Å²) in [6.07, 6.45) is 1.44. The van der Waals surface area contributed by atoms with Gasteiger partial charge in [0, 0.05) is 24.4 Å². The van der Waals surface area contributed by atoms with Crippen molar-refractivity contribution in [1.29, 1.82) is 0 Å². The van der Waals surface area contributed by atoms with Gasteiger partial charge in [0.2, 0.25) is 0 Å². The molecule has 4 aromatic rings. The second-order valence-corrected chi connectivity index (χ2v) is 9.64. The lowest BCUT2D eigenvalue weighted by molar-refractivity contribution is 0.0765. The number of rotatable bonds is 9. The maximum absolute atomic E-state index is 14.9. The van der Waals surface area contributed by atoms with E-state index in [1.807, 2.05) is 26.8 Å². The number of nitrogens with zero attached hydrogens (tertiary/aromatic N) is 3. The van der Waals surface area contributed by atoms with Crippen molar-refractivity contribution in [1.82, 2.24) is 20.2 Å². The third kappa shape index (κ3) is 6.70. The maximum atomic E-state index is 14.9. The first-order valence-corrected chi connectivity index (χ1v) is 14.2. The minimum atomic E-state index is -0.538. The molecule has 9 nitrogen and oxygen atoms in total. The number of aromatic nitrogens is 2. The Hall–Kier alpha value is -4.70. The Kier molecular flexibility index (Phi) is 10.2. The largest absolute Gasteiger partial charge is 0.497 e. The summed E-state index contributed by atoms with van der Waals surface area (Å²) in [5, 5.41) is 6.08. The third-order valence-corrected chi connectivity index (χ3v) is 6.95. The summed E-state index contributed by atoms with van der Waals surface area (Å²) in [6, 6.07) is 14.6. The van der Waals surface area contributed by atoms with Crippen LogP contribution in [0.5, 0.6) is 11.5 Å². The predicted octanol–water partition coefficient (Wildman–Crippen LogP) is 6.63. The van der Waals surface area contributed by atoms with Crippen molar-refractivity contribution in [2.24, 2.45) is 0 Å². The summed E-state index contributed by atoms with van der Waals surface area (Å²) in [5.74, 6) is 0.553. The van der Waals surface area contributed by atoms with Crippen molar-refractivity contribution in [2.75, 3.05) is 26.1 Å². The molecule has 5 rings (SSSR count). The fraction of sp³-hybridized carbons (Fsp3) is 0.250. The quantitative estimate of drug-likeness (QED) is 0.221. The van der Waals surface area contributed by atoms with Crippen LogP contribution in [0.1, 0.15) is 52.7 Å². The molecule has 3 heterocycles. The number of hydrogen-bond acceptors (Lipinski definition) is 7. The highest BCUT2D eigenvalue weighted by atomic mass is 35.5. The fourth-order valence-electron chi connectivity index (χ4n) is 4.65. The van der Waals surface area contributed by atoms with Gasteiger partial charge in [0.15, 0.2) is 0 Å².